The van der Waals surface area contributed by atoms with Gasteiger partial charge >= 0.3 is 12.2 Å². The van der Waals surface area contributed by atoms with E-state index in [4.69, 9.17) is 4.74 Å². The fourth-order valence-corrected chi connectivity index (χ4v) is 4.54. The number of benzene rings is 1. The molecule has 0 saturated carbocycles. The molecule has 200 valence electrons. The van der Waals surface area contributed by atoms with Crippen LogP contribution in [0, 0.1) is 5.92 Å². The largest absolute Gasteiger partial charge is 0.465 e. The average Bonchev–Trinajstić information content (AvgIpc) is 3.12. The predicted molar refractivity (Wildman–Crippen MR) is 143 cm³/mol. The molecular weight excluding hydrogens is 458 g/mol. The van der Waals surface area contributed by atoms with Crippen LogP contribution in [-0.2, 0) is 4.74 Å². The monoisotopic (exact) mass is 501 g/mol. The number of para-hydroxylation sites is 2. The van der Waals surface area contributed by atoms with Crippen molar-refractivity contribution in [3.8, 4) is 0 Å². The number of imidazole rings is 1. The summed E-state index contributed by atoms with van der Waals surface area (Å²) in [4.78, 5) is 33.3. The van der Waals surface area contributed by atoms with Crippen LogP contribution in [0.15, 0.2) is 24.3 Å². The number of anilines is 1. The summed E-state index contributed by atoms with van der Waals surface area (Å²) in [6.07, 6.45) is 1.53. The Hall–Kier alpha value is -2.81. The zero-order chi connectivity index (χ0) is 26.7. The Balaban J connectivity index is 1.56. The fraction of sp³-hybridized carbons (Fsp3) is 0.667. The first-order valence-corrected chi connectivity index (χ1v) is 12.9. The summed E-state index contributed by atoms with van der Waals surface area (Å²) in [6.45, 7) is 16.9. The first kappa shape index (κ1) is 27.8. The van der Waals surface area contributed by atoms with Gasteiger partial charge in [-0.15, -0.1) is 0 Å². The molecule has 1 fully saturated rings. The molecule has 1 amide bonds. The minimum absolute atomic E-state index is 0.208. The summed E-state index contributed by atoms with van der Waals surface area (Å²) in [5, 5.41) is 13.1. The molecule has 0 radical (unpaired) electrons. The molecule has 1 aromatic heterocycles. The van der Waals surface area contributed by atoms with Gasteiger partial charge in [0.05, 0.1) is 11.0 Å². The van der Waals surface area contributed by atoms with Crippen molar-refractivity contribution in [2.24, 2.45) is 5.92 Å². The highest BCUT2D eigenvalue weighted by Gasteiger charge is 2.29. The number of carboxylic acid groups (broad SMARTS) is 1. The Morgan fingerprint density at radius 1 is 1.17 bits per heavy atom. The molecule has 1 saturated heterocycles. The normalized spacial score (nSPS) is 16.6. The average molecular weight is 502 g/mol. The van der Waals surface area contributed by atoms with Crippen molar-refractivity contribution in [3.63, 3.8) is 0 Å². The number of piperidine rings is 1. The number of aromatic nitrogens is 2. The van der Waals surface area contributed by atoms with Crippen LogP contribution in [0.5, 0.6) is 0 Å². The lowest BCUT2D eigenvalue weighted by molar-refractivity contribution is 0.0546. The van der Waals surface area contributed by atoms with Crippen molar-refractivity contribution in [1.82, 2.24) is 19.4 Å². The fourth-order valence-electron chi connectivity index (χ4n) is 4.54. The number of carbonyl (C=O) groups is 2. The molecule has 3 rings (SSSR count). The zero-order valence-corrected chi connectivity index (χ0v) is 22.9. The lowest BCUT2D eigenvalue weighted by Gasteiger charge is -2.36. The highest BCUT2D eigenvalue weighted by atomic mass is 16.6. The third-order valence-corrected chi connectivity index (χ3v) is 6.53. The Kier molecular flexibility index (Phi) is 8.54. The van der Waals surface area contributed by atoms with Crippen molar-refractivity contribution < 1.29 is 19.4 Å². The molecule has 1 unspecified atom stereocenters. The summed E-state index contributed by atoms with van der Waals surface area (Å²) in [6, 6.07) is 7.79. The summed E-state index contributed by atoms with van der Waals surface area (Å²) in [5.41, 5.74) is 0.477. The van der Waals surface area contributed by atoms with E-state index in [-0.39, 0.29) is 12.0 Å². The van der Waals surface area contributed by atoms with Crippen LogP contribution in [0.4, 0.5) is 15.5 Å². The van der Waals surface area contributed by atoms with Gasteiger partial charge in [0, 0.05) is 31.2 Å². The number of carbonyl (C=O) groups excluding carboxylic acids is 1. The van der Waals surface area contributed by atoms with Gasteiger partial charge in [-0.25, -0.2) is 19.1 Å². The zero-order valence-electron chi connectivity index (χ0n) is 22.9. The van der Waals surface area contributed by atoms with E-state index in [9.17, 15) is 14.7 Å². The highest BCUT2D eigenvalue weighted by molar-refractivity contribution is 5.90. The number of amides is 1. The number of hydrogen-bond acceptors (Lipinski definition) is 6. The van der Waals surface area contributed by atoms with Crippen LogP contribution in [0.25, 0.3) is 11.0 Å². The number of nitrogens with zero attached hydrogens (tertiary/aromatic N) is 4. The standard InChI is InChI=1S/C27H43N5O4/c1-19(18-31(24(33)34)26(2,3)4)12-15-30-16-13-20(14-17-30)28-23-29-21-10-8-9-11-22(21)32(23)25(35)36-27(5,6)7/h8-11,19-20H,12-18H2,1-7H3,(H,28,29)(H,33,34). The maximum absolute atomic E-state index is 13.0. The van der Waals surface area contributed by atoms with Gasteiger partial charge in [0.1, 0.15) is 5.60 Å². The first-order chi connectivity index (χ1) is 16.7. The molecule has 0 aliphatic carbocycles. The van der Waals surface area contributed by atoms with Gasteiger partial charge in [-0.05, 0) is 85.4 Å². The van der Waals surface area contributed by atoms with E-state index in [0.717, 1.165) is 49.9 Å². The van der Waals surface area contributed by atoms with Gasteiger partial charge in [0.2, 0.25) is 5.95 Å². The summed E-state index contributed by atoms with van der Waals surface area (Å²) in [7, 11) is 0. The quantitative estimate of drug-likeness (QED) is 0.517. The number of nitrogens with one attached hydrogen (secondary N) is 1. The summed E-state index contributed by atoms with van der Waals surface area (Å²) >= 11 is 0. The molecule has 9 heteroatoms. The van der Waals surface area contributed by atoms with E-state index < -0.39 is 23.3 Å². The van der Waals surface area contributed by atoms with Crippen LogP contribution in [0.2, 0.25) is 0 Å². The van der Waals surface area contributed by atoms with Gasteiger partial charge in [0.15, 0.2) is 0 Å². The second-order valence-electron chi connectivity index (χ2n) is 12.0. The third-order valence-electron chi connectivity index (χ3n) is 6.53. The van der Waals surface area contributed by atoms with Gasteiger partial charge in [-0.2, -0.15) is 0 Å². The number of ether oxygens (including phenoxy) is 1. The Morgan fingerprint density at radius 3 is 2.39 bits per heavy atom. The van der Waals surface area contributed by atoms with E-state index in [2.05, 4.69) is 22.1 Å². The first-order valence-electron chi connectivity index (χ1n) is 12.9. The molecule has 2 heterocycles. The Labute approximate surface area is 214 Å². The maximum Gasteiger partial charge on any atom is 0.421 e. The highest BCUT2D eigenvalue weighted by Crippen LogP contribution is 2.25. The predicted octanol–water partition coefficient (Wildman–Crippen LogP) is 5.50. The van der Waals surface area contributed by atoms with Crippen LogP contribution >= 0.6 is 0 Å². The molecule has 1 aromatic carbocycles. The molecule has 1 aliphatic heterocycles. The number of likely N-dealkylation sites (tertiary alicyclic amines) is 1. The maximum atomic E-state index is 13.0. The molecule has 9 nitrogen and oxygen atoms in total. The summed E-state index contributed by atoms with van der Waals surface area (Å²) < 4.78 is 7.19. The van der Waals surface area contributed by atoms with Crippen LogP contribution in [-0.4, -0.2) is 80.0 Å². The topological polar surface area (TPSA) is 99.9 Å². The third kappa shape index (κ3) is 7.35. The van der Waals surface area contributed by atoms with Crippen molar-refractivity contribution in [2.75, 3.05) is 31.5 Å². The number of rotatable bonds is 7. The molecule has 1 atom stereocenters. The number of fused-ring (bicyclic) bond motifs is 1. The Morgan fingerprint density at radius 2 is 1.81 bits per heavy atom. The van der Waals surface area contributed by atoms with Gasteiger partial charge in [0.25, 0.3) is 0 Å². The van der Waals surface area contributed by atoms with Crippen LogP contribution in [0.3, 0.4) is 0 Å². The van der Waals surface area contributed by atoms with Gasteiger partial charge < -0.3 is 25.0 Å². The SMILES string of the molecule is CC(CCN1CCC(Nc2nc3ccccc3n2C(=O)OC(C)(C)C)CC1)CN(C(=O)O)C(C)(C)C. The smallest absolute Gasteiger partial charge is 0.421 e. The van der Waals surface area contributed by atoms with E-state index in [1.807, 2.05) is 65.8 Å². The lowest BCUT2D eigenvalue weighted by atomic mass is 10.0. The molecule has 1 aliphatic rings. The number of hydrogen-bond donors (Lipinski definition) is 2. The Bertz CT molecular complexity index is 1040. The second kappa shape index (κ2) is 11.1. The van der Waals surface area contributed by atoms with E-state index in [1.165, 1.54) is 9.47 Å². The van der Waals surface area contributed by atoms with Crippen LogP contribution < -0.4 is 5.32 Å². The minimum Gasteiger partial charge on any atom is -0.465 e. The summed E-state index contributed by atoms with van der Waals surface area (Å²) in [5.74, 6) is 0.804. The van der Waals surface area contributed by atoms with Crippen molar-refractivity contribution in [2.45, 2.75) is 84.9 Å². The van der Waals surface area contributed by atoms with Crippen molar-refractivity contribution >= 4 is 29.2 Å². The van der Waals surface area contributed by atoms with E-state index in [0.29, 0.717) is 12.5 Å². The second-order valence-corrected chi connectivity index (χ2v) is 12.0. The molecule has 2 N–H and O–H groups in total. The van der Waals surface area contributed by atoms with Crippen LogP contribution in [0.1, 0.15) is 67.7 Å². The van der Waals surface area contributed by atoms with Crippen molar-refractivity contribution in [3.05, 3.63) is 24.3 Å². The van der Waals surface area contributed by atoms with Gasteiger partial charge in [-0.3, -0.25) is 0 Å². The molecule has 2 aromatic rings. The molecular formula is C27H43N5O4. The molecule has 0 spiro atoms. The van der Waals surface area contributed by atoms with E-state index >= 15 is 0 Å². The van der Waals surface area contributed by atoms with Crippen molar-refractivity contribution in [1.29, 1.82) is 0 Å². The van der Waals surface area contributed by atoms with Gasteiger partial charge in [-0.1, -0.05) is 19.1 Å². The lowest BCUT2D eigenvalue weighted by Crippen LogP contribution is -2.47. The molecule has 0 bridgehead atoms. The van der Waals surface area contributed by atoms with E-state index in [1.54, 1.807) is 0 Å². The molecule has 36 heavy (non-hydrogen) atoms. The minimum atomic E-state index is -0.862.